The first-order valence-electron chi connectivity index (χ1n) is 26.1. The quantitative estimate of drug-likeness (QED) is 0.0345. The third-order valence-electron chi connectivity index (χ3n) is 12.0. The van der Waals surface area contributed by atoms with Crippen molar-refractivity contribution in [2.75, 3.05) is 89.6 Å². The van der Waals surface area contributed by atoms with Crippen molar-refractivity contribution in [2.45, 2.75) is 160 Å². The molecule has 0 spiro atoms. The summed E-state index contributed by atoms with van der Waals surface area (Å²) in [5.74, 6) is 2.19. The number of anilines is 2. The van der Waals surface area contributed by atoms with Crippen LogP contribution in [-0.2, 0) is 33.2 Å². The standard InChI is InChI=1S/C25H47N5O3Si2.C20H39N5O2Si2.C5H8O2/c1-21(27-22-9-12-31-13-10-22)23-18-25(30-24(28-23)8-11-26-30)29(19-32-14-16-34(2,3)4)20-33-15-17-35(5,6)7;1-17(21)18-14-20(25-19(23-18)8-9-22-25)24(15-26-10-12-28(2,3)4)16-27-11-13-29(5,6)7;6-5-1-3-7-4-2-5/h8,11,18,21-22,27H,9-10,12-17,19-20H2,1-7H3;8-9,14,17H,10-13,15-16,21H2,1-7H3;1-4H2. The summed E-state index contributed by atoms with van der Waals surface area (Å²) < 4.78 is 38.6. The minimum Gasteiger partial charge on any atom is -0.381 e. The first-order chi connectivity index (χ1) is 33.4. The number of ether oxygens (including phenoxy) is 6. The van der Waals surface area contributed by atoms with Crippen molar-refractivity contribution < 1.29 is 33.2 Å². The summed E-state index contributed by atoms with van der Waals surface area (Å²) >= 11 is 0. The Morgan fingerprint density at radius 2 is 0.986 bits per heavy atom. The minimum atomic E-state index is -1.15. The second kappa shape index (κ2) is 29.2. The third-order valence-corrected chi connectivity index (χ3v) is 18.8. The van der Waals surface area contributed by atoms with E-state index in [2.05, 4.69) is 122 Å². The largest absolute Gasteiger partial charge is 0.381 e. The van der Waals surface area contributed by atoms with Crippen molar-refractivity contribution in [1.82, 2.24) is 34.5 Å². The molecule has 2 saturated heterocycles. The lowest BCUT2D eigenvalue weighted by atomic mass is 10.1. The number of hydrogen-bond acceptors (Lipinski definition) is 15. The molecule has 17 nitrogen and oxygen atoms in total. The van der Waals surface area contributed by atoms with E-state index >= 15 is 0 Å². The molecule has 6 heterocycles. The number of aromatic nitrogens is 6. The molecule has 0 aliphatic carbocycles. The molecular formula is C50H94N10O7Si4. The summed E-state index contributed by atoms with van der Waals surface area (Å²) in [5, 5.41) is 12.8. The van der Waals surface area contributed by atoms with Crippen LogP contribution in [0.25, 0.3) is 11.3 Å². The van der Waals surface area contributed by atoms with Crippen LogP contribution in [0.5, 0.6) is 0 Å². The Kier molecular flexibility index (Phi) is 25.0. The lowest BCUT2D eigenvalue weighted by molar-refractivity contribution is -0.124. The van der Waals surface area contributed by atoms with Gasteiger partial charge in [-0.25, -0.2) is 9.97 Å². The molecule has 0 aromatic carbocycles. The molecule has 2 aliphatic rings. The van der Waals surface area contributed by atoms with Gasteiger partial charge in [0.1, 0.15) is 44.3 Å². The van der Waals surface area contributed by atoms with Gasteiger partial charge in [-0.3, -0.25) is 4.79 Å². The fraction of sp³-hybridized carbons (Fsp3) is 0.740. The Hall–Kier alpha value is -2.94. The SMILES string of the molecule is CC(N)c1cc(N(COCC[Si](C)(C)C)COCC[Si](C)(C)C)n2nccc2n1.CC(NC1CCOCC1)c1cc(N(COCC[Si](C)(C)C)COCC[Si](C)(C)C)n2nccc2n1.O=C1CCOCC1. The average Bonchev–Trinajstić information content (AvgIpc) is 3.98. The summed E-state index contributed by atoms with van der Waals surface area (Å²) in [4.78, 5) is 24.1. The molecule has 0 saturated carbocycles. The minimum absolute atomic E-state index is 0.124. The maximum absolute atomic E-state index is 10.4. The molecule has 0 radical (unpaired) electrons. The Bertz CT molecular complexity index is 2100. The smallest absolute Gasteiger partial charge is 0.157 e. The van der Waals surface area contributed by atoms with Gasteiger partial charge < -0.3 is 49.3 Å². The highest BCUT2D eigenvalue weighted by molar-refractivity contribution is 6.77. The first-order valence-corrected chi connectivity index (χ1v) is 40.9. The van der Waals surface area contributed by atoms with Gasteiger partial charge in [0, 0.05) is 127 Å². The molecule has 2 atom stereocenters. The summed E-state index contributed by atoms with van der Waals surface area (Å²) in [6.07, 6.45) is 6.89. The van der Waals surface area contributed by atoms with Crippen LogP contribution in [0.4, 0.5) is 11.6 Å². The Labute approximate surface area is 430 Å². The van der Waals surface area contributed by atoms with Crippen LogP contribution in [0.15, 0.2) is 36.7 Å². The monoisotopic (exact) mass is 1060 g/mol. The van der Waals surface area contributed by atoms with Gasteiger partial charge in [0.2, 0.25) is 0 Å². The number of hydrogen-bond donors (Lipinski definition) is 2. The predicted molar refractivity (Wildman–Crippen MR) is 300 cm³/mol. The molecule has 3 N–H and O–H groups in total. The number of fused-ring (bicyclic) bond motifs is 2. The Balaban J connectivity index is 0.000000274. The number of carbonyl (C=O) groups excluding carboxylic acids is 1. The maximum atomic E-state index is 10.4. The molecule has 4 aromatic heterocycles. The second-order valence-corrected chi connectivity index (χ2v) is 46.5. The zero-order valence-electron chi connectivity index (χ0n) is 46.4. The normalized spacial score (nSPS) is 16.1. The van der Waals surface area contributed by atoms with Crippen molar-refractivity contribution in [3.05, 3.63) is 48.0 Å². The third kappa shape index (κ3) is 23.9. The average molecular weight is 1060 g/mol. The van der Waals surface area contributed by atoms with E-state index in [4.69, 9.17) is 39.1 Å². The molecule has 2 aliphatic heterocycles. The number of nitrogens with one attached hydrogen (secondary N) is 1. The number of carbonyl (C=O) groups is 1. The fourth-order valence-electron chi connectivity index (χ4n) is 7.19. The van der Waals surface area contributed by atoms with Crippen LogP contribution < -0.4 is 20.9 Å². The van der Waals surface area contributed by atoms with Crippen molar-refractivity contribution >= 4 is 61.0 Å². The first kappa shape index (κ1) is 60.6. The summed E-state index contributed by atoms with van der Waals surface area (Å²) in [6, 6.07) is 13.0. The molecular weight excluding hydrogens is 965 g/mol. The number of rotatable bonds is 26. The molecule has 2 fully saturated rings. The van der Waals surface area contributed by atoms with E-state index in [1.807, 2.05) is 40.4 Å². The van der Waals surface area contributed by atoms with E-state index < -0.39 is 32.3 Å². The van der Waals surface area contributed by atoms with Crippen molar-refractivity contribution in [1.29, 1.82) is 0 Å². The van der Waals surface area contributed by atoms with Gasteiger partial charge in [-0.15, -0.1) is 0 Å². The van der Waals surface area contributed by atoms with Crippen LogP contribution in [0, 0.1) is 0 Å². The van der Waals surface area contributed by atoms with E-state index in [0.29, 0.717) is 64.8 Å². The molecule has 4 aromatic rings. The van der Waals surface area contributed by atoms with Crippen LogP contribution in [-0.4, -0.2) is 153 Å². The summed E-state index contributed by atoms with van der Waals surface area (Å²) in [6.45, 7) is 40.4. The number of nitrogens with zero attached hydrogens (tertiary/aromatic N) is 8. The van der Waals surface area contributed by atoms with E-state index in [0.717, 1.165) is 111 Å². The van der Waals surface area contributed by atoms with Gasteiger partial charge in [-0.2, -0.15) is 19.2 Å². The van der Waals surface area contributed by atoms with Gasteiger partial charge in [-0.05, 0) is 50.9 Å². The molecule has 0 amide bonds. The second-order valence-electron chi connectivity index (χ2n) is 24.0. The van der Waals surface area contributed by atoms with E-state index in [-0.39, 0.29) is 12.1 Å². The highest BCUT2D eigenvalue weighted by atomic mass is 28.3. The van der Waals surface area contributed by atoms with Crippen LogP contribution in [0.3, 0.4) is 0 Å². The molecule has 2 unspecified atom stereocenters. The molecule has 0 bridgehead atoms. The molecule has 71 heavy (non-hydrogen) atoms. The summed E-state index contributed by atoms with van der Waals surface area (Å²) in [5.41, 5.74) is 9.58. The van der Waals surface area contributed by atoms with Crippen molar-refractivity contribution in [3.8, 4) is 0 Å². The Morgan fingerprint density at radius 1 is 0.620 bits per heavy atom. The van der Waals surface area contributed by atoms with Gasteiger partial charge >= 0.3 is 0 Å². The van der Waals surface area contributed by atoms with E-state index in [1.165, 1.54) is 0 Å². The van der Waals surface area contributed by atoms with E-state index in [9.17, 15) is 4.79 Å². The predicted octanol–water partition coefficient (Wildman–Crippen LogP) is 9.54. The van der Waals surface area contributed by atoms with E-state index in [1.54, 1.807) is 6.20 Å². The lowest BCUT2D eigenvalue weighted by Crippen LogP contribution is -2.37. The number of Topliss-reactive ketones (excluding diaryl/α,β-unsaturated/α-hetero) is 1. The van der Waals surface area contributed by atoms with Crippen molar-refractivity contribution in [3.63, 3.8) is 0 Å². The maximum Gasteiger partial charge on any atom is 0.157 e. The number of ketones is 1. The zero-order chi connectivity index (χ0) is 52.2. The van der Waals surface area contributed by atoms with Crippen LogP contribution in [0.2, 0.25) is 103 Å². The zero-order valence-corrected chi connectivity index (χ0v) is 50.4. The molecule has 402 valence electrons. The highest BCUT2D eigenvalue weighted by Gasteiger charge is 2.23. The molecule has 21 heteroatoms. The number of nitrogens with two attached hydrogens (primary N) is 1. The van der Waals surface area contributed by atoms with Gasteiger partial charge in [0.25, 0.3) is 0 Å². The van der Waals surface area contributed by atoms with Crippen molar-refractivity contribution in [2.24, 2.45) is 5.73 Å². The summed E-state index contributed by atoms with van der Waals surface area (Å²) in [7, 11) is -4.57. The van der Waals surface area contributed by atoms with Gasteiger partial charge in [-0.1, -0.05) is 78.6 Å². The topological polar surface area (TPSA) is 177 Å². The highest BCUT2D eigenvalue weighted by Crippen LogP contribution is 2.25. The Morgan fingerprint density at radius 3 is 1.34 bits per heavy atom. The fourth-order valence-corrected chi connectivity index (χ4v) is 10.2. The van der Waals surface area contributed by atoms with Crippen LogP contribution >= 0.6 is 0 Å². The molecule has 6 rings (SSSR count). The lowest BCUT2D eigenvalue weighted by Gasteiger charge is -2.29. The van der Waals surface area contributed by atoms with Gasteiger partial charge in [0.15, 0.2) is 11.3 Å². The van der Waals surface area contributed by atoms with Crippen LogP contribution in [0.1, 0.15) is 63.0 Å². The van der Waals surface area contributed by atoms with Gasteiger partial charge in [0.05, 0.1) is 37.0 Å².